The van der Waals surface area contributed by atoms with E-state index in [1.54, 1.807) is 0 Å². The van der Waals surface area contributed by atoms with Gasteiger partial charge in [-0.05, 0) is 25.2 Å². The van der Waals surface area contributed by atoms with E-state index in [9.17, 15) is 4.79 Å². The van der Waals surface area contributed by atoms with Gasteiger partial charge in [-0.3, -0.25) is 0 Å². The molecule has 1 aromatic rings. The van der Waals surface area contributed by atoms with Crippen LogP contribution in [0.25, 0.3) is 0 Å². The van der Waals surface area contributed by atoms with E-state index in [4.69, 9.17) is 0 Å². The minimum atomic E-state index is -0.499. The Bertz CT molecular complexity index is 482. The van der Waals surface area contributed by atoms with E-state index < -0.39 is 5.97 Å². The Hall–Kier alpha value is -1.65. The van der Waals surface area contributed by atoms with Gasteiger partial charge in [-0.15, -0.1) is 0 Å². The molecule has 1 N–H and O–H groups in total. The topological polar surface area (TPSA) is 64.1 Å². The lowest BCUT2D eigenvalue weighted by Crippen LogP contribution is -2.29. The highest BCUT2D eigenvalue weighted by Gasteiger charge is 2.26. The normalized spacial score (nSPS) is 17.6. The van der Waals surface area contributed by atoms with Crippen molar-refractivity contribution in [3.8, 4) is 0 Å². The molecule has 1 aliphatic carbocycles. The van der Waals surface area contributed by atoms with Gasteiger partial charge in [-0.2, -0.15) is 0 Å². The lowest BCUT2D eigenvalue weighted by atomic mass is 9.76. The van der Waals surface area contributed by atoms with Crippen LogP contribution in [0.1, 0.15) is 55.3 Å². The smallest absolute Gasteiger partial charge is 0.376 e. The van der Waals surface area contributed by atoms with E-state index >= 15 is 0 Å². The van der Waals surface area contributed by atoms with Crippen LogP contribution in [0.15, 0.2) is 6.07 Å². The number of carbonyl (C=O) groups excluding carboxylic acids is 1. The Morgan fingerprint density at radius 3 is 2.70 bits per heavy atom. The predicted molar refractivity (Wildman–Crippen MR) is 77.8 cm³/mol. The van der Waals surface area contributed by atoms with Crippen LogP contribution in [0.2, 0.25) is 0 Å². The minimum absolute atomic E-state index is 0.115. The molecule has 0 aromatic carbocycles. The number of nitrogens with one attached hydrogen (secondary N) is 1. The number of hydrogen-bond acceptors (Lipinski definition) is 5. The Balaban J connectivity index is 2.05. The summed E-state index contributed by atoms with van der Waals surface area (Å²) in [6.45, 7) is 5.04. The van der Waals surface area contributed by atoms with E-state index in [0.717, 1.165) is 12.2 Å². The second-order valence-corrected chi connectivity index (χ2v) is 5.93. The van der Waals surface area contributed by atoms with Crippen molar-refractivity contribution in [1.82, 2.24) is 9.97 Å². The number of hydrogen-bond donors (Lipinski definition) is 1. The van der Waals surface area contributed by atoms with Crippen LogP contribution in [-0.2, 0) is 4.74 Å². The van der Waals surface area contributed by atoms with Crippen LogP contribution in [0.3, 0.4) is 0 Å². The number of esters is 1. The standard InChI is InChI=1S/C15H23N3O2/c1-11-9-12(18-13(17-11)14(19)20-3)16-10-15(2)7-5-4-6-8-15/h9H,4-8,10H2,1-3H3,(H,16,17,18). The number of ether oxygens (including phenoxy) is 1. The number of methoxy groups -OCH3 is 1. The van der Waals surface area contributed by atoms with Crippen molar-refractivity contribution in [3.05, 3.63) is 17.6 Å². The third kappa shape index (κ3) is 3.68. The maximum absolute atomic E-state index is 11.5. The first-order chi connectivity index (χ1) is 9.52. The maximum Gasteiger partial charge on any atom is 0.376 e. The highest BCUT2D eigenvalue weighted by atomic mass is 16.5. The summed E-state index contributed by atoms with van der Waals surface area (Å²) in [6.07, 6.45) is 6.43. The molecule has 0 amide bonds. The van der Waals surface area contributed by atoms with E-state index in [0.29, 0.717) is 11.2 Å². The maximum atomic E-state index is 11.5. The van der Waals surface area contributed by atoms with Crippen molar-refractivity contribution < 1.29 is 9.53 Å². The van der Waals surface area contributed by atoms with Crippen molar-refractivity contribution in [2.24, 2.45) is 5.41 Å². The van der Waals surface area contributed by atoms with Gasteiger partial charge in [0.05, 0.1) is 7.11 Å². The summed E-state index contributed by atoms with van der Waals surface area (Å²) < 4.78 is 4.67. The molecule has 110 valence electrons. The second kappa shape index (κ2) is 6.20. The largest absolute Gasteiger partial charge is 0.463 e. The Morgan fingerprint density at radius 1 is 1.35 bits per heavy atom. The fourth-order valence-corrected chi connectivity index (χ4v) is 2.73. The first-order valence-electron chi connectivity index (χ1n) is 7.20. The molecule has 1 fully saturated rings. The molecule has 0 unspecified atom stereocenters. The fraction of sp³-hybridized carbons (Fsp3) is 0.667. The van der Waals surface area contributed by atoms with Crippen LogP contribution in [0.5, 0.6) is 0 Å². The summed E-state index contributed by atoms with van der Waals surface area (Å²) in [6, 6.07) is 1.86. The zero-order valence-corrected chi connectivity index (χ0v) is 12.5. The van der Waals surface area contributed by atoms with Gasteiger partial charge in [0.15, 0.2) is 0 Å². The van der Waals surface area contributed by atoms with Gasteiger partial charge in [-0.1, -0.05) is 26.2 Å². The number of nitrogens with zero attached hydrogens (tertiary/aromatic N) is 2. The molecule has 1 heterocycles. The summed E-state index contributed by atoms with van der Waals surface area (Å²) in [5.74, 6) is 0.314. The average Bonchev–Trinajstić information content (AvgIpc) is 2.45. The Morgan fingerprint density at radius 2 is 2.05 bits per heavy atom. The first kappa shape index (κ1) is 14.8. The number of carbonyl (C=O) groups is 1. The van der Waals surface area contributed by atoms with Crippen molar-refractivity contribution in [3.63, 3.8) is 0 Å². The Kier molecular flexibility index (Phi) is 4.57. The molecule has 0 aliphatic heterocycles. The molecule has 5 heteroatoms. The number of aryl methyl sites for hydroxylation is 1. The van der Waals surface area contributed by atoms with Gasteiger partial charge >= 0.3 is 5.97 Å². The van der Waals surface area contributed by atoms with Gasteiger partial charge < -0.3 is 10.1 Å². The van der Waals surface area contributed by atoms with Gasteiger partial charge in [0.25, 0.3) is 0 Å². The minimum Gasteiger partial charge on any atom is -0.463 e. The number of aromatic nitrogens is 2. The second-order valence-electron chi connectivity index (χ2n) is 5.93. The monoisotopic (exact) mass is 277 g/mol. The zero-order valence-electron chi connectivity index (χ0n) is 12.5. The molecule has 1 saturated carbocycles. The molecule has 0 radical (unpaired) electrons. The van der Waals surface area contributed by atoms with Gasteiger partial charge in [0.2, 0.25) is 5.82 Å². The fourth-order valence-electron chi connectivity index (χ4n) is 2.73. The highest BCUT2D eigenvalue weighted by molar-refractivity contribution is 5.85. The lowest BCUT2D eigenvalue weighted by molar-refractivity contribution is 0.0586. The molecule has 0 saturated heterocycles. The lowest BCUT2D eigenvalue weighted by Gasteiger charge is -2.33. The summed E-state index contributed by atoms with van der Waals surface area (Å²) in [5, 5.41) is 3.36. The van der Waals surface area contributed by atoms with E-state index in [-0.39, 0.29) is 5.82 Å². The van der Waals surface area contributed by atoms with Gasteiger partial charge in [-0.25, -0.2) is 14.8 Å². The molecular formula is C15H23N3O2. The van der Waals surface area contributed by atoms with Crippen molar-refractivity contribution >= 4 is 11.8 Å². The summed E-state index contributed by atoms with van der Waals surface area (Å²) >= 11 is 0. The predicted octanol–water partition coefficient (Wildman–Crippen LogP) is 2.95. The van der Waals surface area contributed by atoms with E-state index in [2.05, 4.69) is 26.9 Å². The zero-order chi connectivity index (χ0) is 14.6. The molecule has 1 aliphatic rings. The number of rotatable bonds is 4. The molecule has 0 spiro atoms. The van der Waals surface area contributed by atoms with Crippen LogP contribution in [-0.4, -0.2) is 29.6 Å². The molecule has 0 atom stereocenters. The van der Waals surface area contributed by atoms with E-state index in [1.165, 1.54) is 39.2 Å². The van der Waals surface area contributed by atoms with Crippen molar-refractivity contribution in [2.45, 2.75) is 46.0 Å². The van der Waals surface area contributed by atoms with E-state index in [1.807, 2.05) is 13.0 Å². The SMILES string of the molecule is COC(=O)c1nc(C)cc(NCC2(C)CCCCC2)n1. The molecule has 2 rings (SSSR count). The summed E-state index contributed by atoms with van der Waals surface area (Å²) in [4.78, 5) is 19.8. The first-order valence-corrected chi connectivity index (χ1v) is 7.20. The highest BCUT2D eigenvalue weighted by Crippen LogP contribution is 2.35. The number of anilines is 1. The molecule has 5 nitrogen and oxygen atoms in total. The van der Waals surface area contributed by atoms with Crippen LogP contribution < -0.4 is 5.32 Å². The van der Waals surface area contributed by atoms with Crippen molar-refractivity contribution in [2.75, 3.05) is 19.0 Å². The van der Waals surface area contributed by atoms with Gasteiger partial charge in [0.1, 0.15) is 5.82 Å². The molecule has 1 aromatic heterocycles. The molecule has 0 bridgehead atoms. The summed E-state index contributed by atoms with van der Waals surface area (Å²) in [7, 11) is 1.34. The summed E-state index contributed by atoms with van der Waals surface area (Å²) in [5.41, 5.74) is 1.08. The van der Waals surface area contributed by atoms with Crippen LogP contribution in [0.4, 0.5) is 5.82 Å². The van der Waals surface area contributed by atoms with Crippen LogP contribution >= 0.6 is 0 Å². The Labute approximate surface area is 120 Å². The average molecular weight is 277 g/mol. The van der Waals surface area contributed by atoms with Gasteiger partial charge in [0, 0.05) is 18.3 Å². The molecule has 20 heavy (non-hydrogen) atoms. The van der Waals surface area contributed by atoms with Crippen LogP contribution in [0, 0.1) is 12.3 Å². The van der Waals surface area contributed by atoms with Crippen molar-refractivity contribution in [1.29, 1.82) is 0 Å². The third-order valence-corrected chi connectivity index (χ3v) is 3.98. The molecular weight excluding hydrogens is 254 g/mol. The third-order valence-electron chi connectivity index (χ3n) is 3.98. The quantitative estimate of drug-likeness (QED) is 0.857.